The number of amides is 1. The van der Waals surface area contributed by atoms with Crippen molar-refractivity contribution in [1.29, 1.82) is 0 Å². The Kier molecular flexibility index (Phi) is 6.87. The van der Waals surface area contributed by atoms with Gasteiger partial charge in [-0.3, -0.25) is 14.2 Å². The number of benzene rings is 2. The van der Waals surface area contributed by atoms with Crippen LogP contribution in [0, 0.1) is 12.7 Å². The first-order valence-corrected chi connectivity index (χ1v) is 11.4. The molecule has 4 aromatic rings. The molecular formula is C24H23FN4O4S. The van der Waals surface area contributed by atoms with Crippen LogP contribution in [0.25, 0.3) is 16.7 Å². The van der Waals surface area contributed by atoms with E-state index in [1.54, 1.807) is 32.4 Å². The van der Waals surface area contributed by atoms with Crippen molar-refractivity contribution in [2.75, 3.05) is 20.0 Å². The van der Waals surface area contributed by atoms with Crippen LogP contribution in [0.5, 0.6) is 11.5 Å². The zero-order valence-corrected chi connectivity index (χ0v) is 19.7. The highest BCUT2D eigenvalue weighted by molar-refractivity contribution is 7.99. The van der Waals surface area contributed by atoms with Crippen LogP contribution in [-0.2, 0) is 11.3 Å². The Morgan fingerprint density at radius 1 is 1.12 bits per heavy atom. The zero-order valence-electron chi connectivity index (χ0n) is 18.8. The zero-order chi connectivity index (χ0) is 24.2. The number of hydrogen-bond donors (Lipinski definition) is 2. The molecule has 0 saturated carbocycles. The number of aromatic nitrogens is 3. The summed E-state index contributed by atoms with van der Waals surface area (Å²) >= 11 is 1.13. The van der Waals surface area contributed by atoms with Crippen LogP contribution in [-0.4, -0.2) is 40.4 Å². The summed E-state index contributed by atoms with van der Waals surface area (Å²) in [5, 5.41) is 3.19. The number of H-pyrrole nitrogens is 1. The Morgan fingerprint density at radius 2 is 1.85 bits per heavy atom. The number of rotatable bonds is 8. The number of thioether (sulfide) groups is 1. The van der Waals surface area contributed by atoms with E-state index >= 15 is 0 Å². The molecule has 2 aromatic carbocycles. The van der Waals surface area contributed by atoms with Crippen LogP contribution in [0.4, 0.5) is 4.39 Å². The van der Waals surface area contributed by atoms with E-state index in [9.17, 15) is 14.0 Å². The minimum atomic E-state index is -0.412. The van der Waals surface area contributed by atoms with Crippen LogP contribution < -0.4 is 20.3 Å². The minimum Gasteiger partial charge on any atom is -0.493 e. The van der Waals surface area contributed by atoms with Crippen molar-refractivity contribution in [2.45, 2.75) is 18.6 Å². The molecule has 0 atom stereocenters. The third kappa shape index (κ3) is 4.91. The predicted molar refractivity (Wildman–Crippen MR) is 129 cm³/mol. The second kappa shape index (κ2) is 10.0. The van der Waals surface area contributed by atoms with Gasteiger partial charge in [0, 0.05) is 12.2 Å². The molecule has 2 N–H and O–H groups in total. The van der Waals surface area contributed by atoms with Gasteiger partial charge >= 0.3 is 0 Å². The summed E-state index contributed by atoms with van der Waals surface area (Å²) in [6.07, 6.45) is 0. The van der Waals surface area contributed by atoms with Gasteiger partial charge in [-0.1, -0.05) is 17.8 Å². The lowest BCUT2D eigenvalue weighted by Gasteiger charge is -2.12. The molecule has 0 aliphatic rings. The predicted octanol–water partition coefficient (Wildman–Crippen LogP) is 3.59. The van der Waals surface area contributed by atoms with Gasteiger partial charge in [0.05, 0.1) is 31.2 Å². The Bertz CT molecular complexity index is 1400. The number of nitrogens with one attached hydrogen (secondary N) is 2. The van der Waals surface area contributed by atoms with Crippen molar-refractivity contribution in [3.05, 3.63) is 76.0 Å². The number of hydrogen-bond acceptors (Lipinski definition) is 6. The van der Waals surface area contributed by atoms with Gasteiger partial charge in [-0.15, -0.1) is 0 Å². The highest BCUT2D eigenvalue weighted by Crippen LogP contribution is 2.27. The highest BCUT2D eigenvalue weighted by Gasteiger charge is 2.16. The summed E-state index contributed by atoms with van der Waals surface area (Å²) in [7, 11) is 3.11. The molecule has 0 aliphatic carbocycles. The van der Waals surface area contributed by atoms with E-state index in [4.69, 9.17) is 9.47 Å². The lowest BCUT2D eigenvalue weighted by Crippen LogP contribution is -2.26. The maximum Gasteiger partial charge on any atom is 0.283 e. The van der Waals surface area contributed by atoms with Gasteiger partial charge in [0.1, 0.15) is 11.3 Å². The Labute approximate surface area is 199 Å². The normalized spacial score (nSPS) is 10.9. The summed E-state index contributed by atoms with van der Waals surface area (Å²) in [6, 6.07) is 12.7. The first kappa shape index (κ1) is 23.4. The lowest BCUT2D eigenvalue weighted by molar-refractivity contribution is -0.118. The van der Waals surface area contributed by atoms with E-state index in [1.165, 1.54) is 28.8 Å². The summed E-state index contributed by atoms with van der Waals surface area (Å²) < 4.78 is 25.3. The molecule has 1 amide bonds. The maximum absolute atomic E-state index is 13.4. The number of aryl methyl sites for hydroxylation is 1. The molecule has 8 nitrogen and oxygen atoms in total. The molecule has 0 spiro atoms. The quantitative estimate of drug-likeness (QED) is 0.294. The fraction of sp³-hybridized carbons (Fsp3) is 0.208. The number of aromatic amines is 1. The third-order valence-corrected chi connectivity index (χ3v) is 6.05. The molecule has 0 bridgehead atoms. The molecule has 0 radical (unpaired) electrons. The molecule has 0 saturated heterocycles. The molecule has 34 heavy (non-hydrogen) atoms. The van der Waals surface area contributed by atoms with Gasteiger partial charge in [-0.05, 0) is 55.0 Å². The van der Waals surface area contributed by atoms with Gasteiger partial charge in [0.15, 0.2) is 16.7 Å². The first-order valence-electron chi connectivity index (χ1n) is 10.4. The number of methoxy groups -OCH3 is 2. The smallest absolute Gasteiger partial charge is 0.283 e. The van der Waals surface area contributed by atoms with E-state index in [2.05, 4.69) is 15.3 Å². The largest absolute Gasteiger partial charge is 0.493 e. The fourth-order valence-corrected chi connectivity index (χ4v) is 4.31. The number of ether oxygens (including phenoxy) is 2. The molecule has 4 rings (SSSR count). The highest BCUT2D eigenvalue weighted by atomic mass is 32.2. The van der Waals surface area contributed by atoms with Gasteiger partial charge in [-0.2, -0.15) is 0 Å². The standard InChI is InChI=1S/C24H23FN4O4S/c1-14-10-18-22(27-14)23(31)29(17-7-5-16(25)6-8-17)24(28-18)34-13-21(30)26-12-15-4-9-19(32-2)20(11-15)33-3/h4-11,27H,12-13H2,1-3H3,(H,26,30). The van der Waals surface area contributed by atoms with E-state index in [0.717, 1.165) is 23.0 Å². The van der Waals surface area contributed by atoms with Gasteiger partial charge in [-0.25, -0.2) is 9.37 Å². The van der Waals surface area contributed by atoms with Crippen LogP contribution >= 0.6 is 11.8 Å². The van der Waals surface area contributed by atoms with Gasteiger partial charge in [0.25, 0.3) is 5.56 Å². The van der Waals surface area contributed by atoms with Crippen LogP contribution in [0.2, 0.25) is 0 Å². The fourth-order valence-electron chi connectivity index (χ4n) is 3.46. The van der Waals surface area contributed by atoms with Gasteiger partial charge in [0.2, 0.25) is 5.91 Å². The van der Waals surface area contributed by atoms with Crippen LogP contribution in [0.3, 0.4) is 0 Å². The first-order chi connectivity index (χ1) is 16.4. The number of nitrogens with zero attached hydrogens (tertiary/aromatic N) is 2. The molecular weight excluding hydrogens is 459 g/mol. The molecule has 176 valence electrons. The Balaban J connectivity index is 1.53. The second-order valence-corrected chi connectivity index (χ2v) is 8.42. The average molecular weight is 483 g/mol. The maximum atomic E-state index is 13.4. The number of carbonyl (C=O) groups is 1. The van der Waals surface area contributed by atoms with Crippen molar-refractivity contribution in [2.24, 2.45) is 0 Å². The number of fused-ring (bicyclic) bond motifs is 1. The number of carbonyl (C=O) groups excluding carboxylic acids is 1. The third-order valence-electron chi connectivity index (χ3n) is 5.11. The second-order valence-electron chi connectivity index (χ2n) is 7.48. The van der Waals surface area contributed by atoms with Crippen molar-refractivity contribution in [3.63, 3.8) is 0 Å². The Morgan fingerprint density at radius 3 is 2.56 bits per heavy atom. The summed E-state index contributed by atoms with van der Waals surface area (Å²) in [6.45, 7) is 2.13. The van der Waals surface area contributed by atoms with E-state index < -0.39 is 5.82 Å². The number of halogens is 1. The van der Waals surface area contributed by atoms with E-state index in [0.29, 0.717) is 39.9 Å². The molecule has 2 heterocycles. The molecule has 0 fully saturated rings. The average Bonchev–Trinajstić information content (AvgIpc) is 3.22. The minimum absolute atomic E-state index is 0.0375. The molecule has 0 aliphatic heterocycles. The van der Waals surface area contributed by atoms with E-state index in [-0.39, 0.29) is 17.2 Å². The van der Waals surface area contributed by atoms with Crippen molar-refractivity contribution in [1.82, 2.24) is 19.9 Å². The monoisotopic (exact) mass is 482 g/mol. The lowest BCUT2D eigenvalue weighted by atomic mass is 10.2. The Hall–Kier alpha value is -3.79. The summed E-state index contributed by atoms with van der Waals surface area (Å²) in [4.78, 5) is 33.3. The summed E-state index contributed by atoms with van der Waals surface area (Å²) in [5.74, 6) is 0.575. The van der Waals surface area contributed by atoms with Crippen molar-refractivity contribution in [3.8, 4) is 17.2 Å². The molecule has 10 heteroatoms. The topological polar surface area (TPSA) is 98.2 Å². The van der Waals surface area contributed by atoms with E-state index in [1.807, 2.05) is 13.0 Å². The van der Waals surface area contributed by atoms with Crippen LogP contribution in [0.1, 0.15) is 11.3 Å². The van der Waals surface area contributed by atoms with Crippen LogP contribution in [0.15, 0.2) is 58.5 Å². The summed E-state index contributed by atoms with van der Waals surface area (Å²) in [5.41, 5.74) is 2.64. The molecule has 2 aromatic heterocycles. The van der Waals surface area contributed by atoms with Gasteiger partial charge < -0.3 is 19.8 Å². The van der Waals surface area contributed by atoms with Crippen molar-refractivity contribution < 1.29 is 18.7 Å². The SMILES string of the molecule is COc1ccc(CNC(=O)CSc2nc3cc(C)[nH]c3c(=O)n2-c2ccc(F)cc2)cc1OC. The van der Waals surface area contributed by atoms with Crippen molar-refractivity contribution >= 4 is 28.7 Å². The molecule has 0 unspecified atom stereocenters.